The lowest BCUT2D eigenvalue weighted by molar-refractivity contribution is -0.137. The Balaban J connectivity index is 1.54. The first-order valence-electron chi connectivity index (χ1n) is 9.36. The van der Waals surface area contributed by atoms with Crippen LogP contribution in [0, 0.1) is 5.92 Å². The molecule has 8 heteroatoms. The van der Waals surface area contributed by atoms with Crippen molar-refractivity contribution in [3.05, 3.63) is 65.5 Å². The number of carbonyl (C=O) groups excluding carboxylic acids is 2. The average molecular weight is 405 g/mol. The molecule has 0 radical (unpaired) electrons. The highest BCUT2D eigenvalue weighted by Gasteiger charge is 2.32. The van der Waals surface area contributed by atoms with Gasteiger partial charge in [-0.05, 0) is 54.8 Å². The summed E-state index contributed by atoms with van der Waals surface area (Å²) in [4.78, 5) is 32.5. The van der Waals surface area contributed by atoms with Crippen LogP contribution < -0.4 is 0 Å². The van der Waals surface area contributed by atoms with E-state index in [1.165, 1.54) is 12.1 Å². The van der Waals surface area contributed by atoms with Crippen LogP contribution in [0.25, 0.3) is 0 Å². The second kappa shape index (κ2) is 8.63. The number of halogens is 3. The monoisotopic (exact) mass is 405 g/mol. The highest BCUT2D eigenvalue weighted by Crippen LogP contribution is 2.29. The summed E-state index contributed by atoms with van der Waals surface area (Å²) in [6, 6.07) is 7.94. The summed E-state index contributed by atoms with van der Waals surface area (Å²) in [6.45, 7) is 1.30. The van der Waals surface area contributed by atoms with E-state index in [0.717, 1.165) is 17.7 Å². The molecule has 2 aromatic rings. The normalized spacial score (nSPS) is 15.2. The van der Waals surface area contributed by atoms with E-state index in [4.69, 9.17) is 0 Å². The summed E-state index contributed by atoms with van der Waals surface area (Å²) in [5.41, 5.74) is 0.430. The minimum absolute atomic E-state index is 0.0310. The van der Waals surface area contributed by atoms with Crippen LogP contribution in [0.5, 0.6) is 0 Å². The maximum Gasteiger partial charge on any atom is 0.416 e. The van der Waals surface area contributed by atoms with Gasteiger partial charge in [0.2, 0.25) is 5.91 Å². The smallest absolute Gasteiger partial charge is 0.341 e. The van der Waals surface area contributed by atoms with Gasteiger partial charge in [0, 0.05) is 50.6 Å². The Hall–Kier alpha value is -2.90. The van der Waals surface area contributed by atoms with Gasteiger partial charge in [0.25, 0.3) is 5.91 Å². The summed E-state index contributed by atoms with van der Waals surface area (Å²) in [5.74, 6) is -0.448. The summed E-state index contributed by atoms with van der Waals surface area (Å²) in [5, 5.41) is 0. The Morgan fingerprint density at radius 3 is 2.21 bits per heavy atom. The fourth-order valence-electron chi connectivity index (χ4n) is 3.47. The minimum Gasteiger partial charge on any atom is -0.341 e. The Morgan fingerprint density at radius 2 is 1.66 bits per heavy atom. The van der Waals surface area contributed by atoms with Gasteiger partial charge in [0.05, 0.1) is 5.56 Å². The molecule has 1 saturated heterocycles. The number of pyridine rings is 1. The summed E-state index contributed by atoms with van der Waals surface area (Å²) in [7, 11) is 1.75. The van der Waals surface area contributed by atoms with E-state index < -0.39 is 11.7 Å². The summed E-state index contributed by atoms with van der Waals surface area (Å²) >= 11 is 0. The molecule has 2 heterocycles. The van der Waals surface area contributed by atoms with Crippen LogP contribution in [-0.2, 0) is 17.5 Å². The first-order chi connectivity index (χ1) is 13.8. The molecular formula is C21H22F3N3O2. The SMILES string of the molecule is CN(Cc1ccncc1)C(=O)C1CCN(C(=O)c2ccc(C(F)(F)F)cc2)CC1. The van der Waals surface area contributed by atoms with Crippen molar-refractivity contribution in [2.24, 2.45) is 5.92 Å². The number of amides is 2. The number of nitrogens with zero attached hydrogens (tertiary/aromatic N) is 3. The lowest BCUT2D eigenvalue weighted by Gasteiger charge is -2.33. The quantitative estimate of drug-likeness (QED) is 0.781. The molecule has 0 atom stereocenters. The number of carbonyl (C=O) groups is 2. The molecule has 154 valence electrons. The third-order valence-electron chi connectivity index (χ3n) is 5.14. The molecule has 29 heavy (non-hydrogen) atoms. The first kappa shape index (κ1) is 20.8. The molecule has 0 bridgehead atoms. The van der Waals surface area contributed by atoms with Gasteiger partial charge < -0.3 is 9.80 Å². The predicted molar refractivity (Wildman–Crippen MR) is 101 cm³/mol. The Labute approximate surface area is 167 Å². The fraction of sp³-hybridized carbons (Fsp3) is 0.381. The zero-order chi connectivity index (χ0) is 21.0. The highest BCUT2D eigenvalue weighted by molar-refractivity contribution is 5.94. The van der Waals surface area contributed by atoms with Crippen LogP contribution in [0.1, 0.15) is 34.3 Å². The van der Waals surface area contributed by atoms with Crippen LogP contribution >= 0.6 is 0 Å². The van der Waals surface area contributed by atoms with E-state index in [0.29, 0.717) is 32.5 Å². The number of alkyl halides is 3. The third-order valence-corrected chi connectivity index (χ3v) is 5.14. The third kappa shape index (κ3) is 5.13. The zero-order valence-electron chi connectivity index (χ0n) is 16.0. The van der Waals surface area contributed by atoms with Crippen molar-refractivity contribution in [1.82, 2.24) is 14.8 Å². The van der Waals surface area contributed by atoms with E-state index in [2.05, 4.69) is 4.98 Å². The van der Waals surface area contributed by atoms with Gasteiger partial charge in [-0.3, -0.25) is 14.6 Å². The molecule has 5 nitrogen and oxygen atoms in total. The van der Waals surface area contributed by atoms with Gasteiger partial charge in [-0.15, -0.1) is 0 Å². The molecule has 1 aromatic heterocycles. The standard InChI is InChI=1S/C21H22F3N3O2/c1-26(14-15-6-10-25-11-7-15)19(28)17-8-12-27(13-9-17)20(29)16-2-4-18(5-3-16)21(22,23)24/h2-7,10-11,17H,8-9,12-14H2,1H3. The van der Waals surface area contributed by atoms with Crippen LogP contribution in [0.4, 0.5) is 13.2 Å². The van der Waals surface area contributed by atoms with E-state index in [9.17, 15) is 22.8 Å². The molecule has 1 aliphatic heterocycles. The van der Waals surface area contributed by atoms with E-state index >= 15 is 0 Å². The van der Waals surface area contributed by atoms with E-state index in [1.54, 1.807) is 29.2 Å². The number of aromatic nitrogens is 1. The van der Waals surface area contributed by atoms with Gasteiger partial charge in [-0.25, -0.2) is 0 Å². The number of benzene rings is 1. The molecule has 0 aliphatic carbocycles. The highest BCUT2D eigenvalue weighted by atomic mass is 19.4. The fourth-order valence-corrected chi connectivity index (χ4v) is 3.47. The lowest BCUT2D eigenvalue weighted by atomic mass is 9.94. The molecule has 3 rings (SSSR count). The van der Waals surface area contributed by atoms with Crippen LogP contribution in [0.2, 0.25) is 0 Å². The van der Waals surface area contributed by atoms with Crippen molar-refractivity contribution < 1.29 is 22.8 Å². The van der Waals surface area contributed by atoms with E-state index in [1.807, 2.05) is 12.1 Å². The Kier molecular flexibility index (Phi) is 6.20. The molecule has 0 N–H and O–H groups in total. The van der Waals surface area contributed by atoms with Gasteiger partial charge in [0.15, 0.2) is 0 Å². The zero-order valence-corrected chi connectivity index (χ0v) is 16.0. The summed E-state index contributed by atoms with van der Waals surface area (Å²) in [6.07, 6.45) is -0.00164. The number of hydrogen-bond donors (Lipinski definition) is 0. The number of piperidine rings is 1. The molecular weight excluding hydrogens is 383 g/mol. The van der Waals surface area contributed by atoms with Crippen molar-refractivity contribution >= 4 is 11.8 Å². The lowest BCUT2D eigenvalue weighted by Crippen LogP contribution is -2.43. The van der Waals surface area contributed by atoms with Crippen molar-refractivity contribution in [3.63, 3.8) is 0 Å². The van der Waals surface area contributed by atoms with Gasteiger partial charge in [-0.1, -0.05) is 0 Å². The Morgan fingerprint density at radius 1 is 1.07 bits per heavy atom. The van der Waals surface area contributed by atoms with Crippen molar-refractivity contribution in [2.75, 3.05) is 20.1 Å². The van der Waals surface area contributed by atoms with Crippen LogP contribution in [-0.4, -0.2) is 46.7 Å². The van der Waals surface area contributed by atoms with Gasteiger partial charge >= 0.3 is 6.18 Å². The first-order valence-corrected chi connectivity index (χ1v) is 9.36. The topological polar surface area (TPSA) is 53.5 Å². The molecule has 1 aromatic carbocycles. The second-order valence-electron chi connectivity index (χ2n) is 7.19. The minimum atomic E-state index is -4.43. The van der Waals surface area contributed by atoms with Gasteiger partial charge in [0.1, 0.15) is 0 Å². The van der Waals surface area contributed by atoms with Crippen molar-refractivity contribution in [3.8, 4) is 0 Å². The van der Waals surface area contributed by atoms with Crippen LogP contribution in [0.15, 0.2) is 48.8 Å². The maximum atomic E-state index is 12.7. The molecule has 0 unspecified atom stereocenters. The van der Waals surface area contributed by atoms with Gasteiger partial charge in [-0.2, -0.15) is 13.2 Å². The largest absolute Gasteiger partial charge is 0.416 e. The Bertz CT molecular complexity index is 846. The molecule has 2 amide bonds. The molecule has 1 fully saturated rings. The number of likely N-dealkylation sites (tertiary alicyclic amines) is 1. The van der Waals surface area contributed by atoms with Crippen molar-refractivity contribution in [2.45, 2.75) is 25.6 Å². The molecule has 1 aliphatic rings. The van der Waals surface area contributed by atoms with Crippen molar-refractivity contribution in [1.29, 1.82) is 0 Å². The average Bonchev–Trinajstić information content (AvgIpc) is 2.73. The van der Waals surface area contributed by atoms with Crippen LogP contribution in [0.3, 0.4) is 0 Å². The molecule has 0 spiro atoms. The second-order valence-corrected chi connectivity index (χ2v) is 7.19. The number of hydrogen-bond acceptors (Lipinski definition) is 3. The number of rotatable bonds is 4. The summed E-state index contributed by atoms with van der Waals surface area (Å²) < 4.78 is 38.0. The van der Waals surface area contributed by atoms with E-state index in [-0.39, 0.29) is 23.3 Å². The predicted octanol–water partition coefficient (Wildman–Crippen LogP) is 3.61. The maximum absolute atomic E-state index is 12.7. The molecule has 0 saturated carbocycles.